The lowest BCUT2D eigenvalue weighted by atomic mass is 10.4. The van der Waals surface area contributed by atoms with E-state index in [1.54, 1.807) is 0 Å². The van der Waals surface area contributed by atoms with Gasteiger partial charge in [-0.1, -0.05) is 0 Å². The maximum Gasteiger partial charge on any atom is 0.255 e. The molecule has 0 saturated heterocycles. The number of carbonyl (C=O) groups excluding carboxylic acids is 1. The molecule has 0 unspecified atom stereocenters. The highest BCUT2D eigenvalue weighted by molar-refractivity contribution is 5.91. The highest BCUT2D eigenvalue weighted by Gasteiger charge is 2.09. The number of H-pyrrole nitrogens is 1. The molecule has 1 amide bonds. The molecule has 60 valence electrons. The molecule has 6 heteroatoms. The summed E-state index contributed by atoms with van der Waals surface area (Å²) in [5.41, 5.74) is 0. The van der Waals surface area contributed by atoms with E-state index in [0.717, 1.165) is 0 Å². The minimum Gasteiger partial charge on any atom is -0.384 e. The first kappa shape index (κ1) is 7.67. The Kier molecular flexibility index (Phi) is 2.17. The van der Waals surface area contributed by atoms with Crippen LogP contribution in [0.2, 0.25) is 0 Å². The van der Waals surface area contributed by atoms with Crippen molar-refractivity contribution >= 4 is 11.9 Å². The molecule has 11 heavy (non-hydrogen) atoms. The number of aliphatic hydroxyl groups excluding tert-OH is 1. The number of aliphatic hydroxyl groups is 1. The average molecular weight is 156 g/mol. The van der Waals surface area contributed by atoms with Crippen LogP contribution in [-0.4, -0.2) is 32.3 Å². The molecular formula is C5H8N4O2. The highest BCUT2D eigenvalue weighted by atomic mass is 16.3. The molecule has 0 saturated carbocycles. The molecule has 0 bridgehead atoms. The molecule has 0 aliphatic heterocycles. The molecule has 1 atom stereocenters. The van der Waals surface area contributed by atoms with Crippen LogP contribution in [0.3, 0.4) is 0 Å². The zero-order valence-corrected chi connectivity index (χ0v) is 5.90. The lowest BCUT2D eigenvalue weighted by Gasteiger charge is -2.01. The van der Waals surface area contributed by atoms with E-state index in [1.807, 2.05) is 0 Å². The van der Waals surface area contributed by atoms with Gasteiger partial charge in [0.1, 0.15) is 12.4 Å². The quantitative estimate of drug-likeness (QED) is 0.518. The SMILES string of the molecule is C[C@H](O)C(=O)Nc1ncn[nH]1. The van der Waals surface area contributed by atoms with Crippen molar-refractivity contribution in [2.75, 3.05) is 5.32 Å². The van der Waals surface area contributed by atoms with Gasteiger partial charge in [0.15, 0.2) is 0 Å². The summed E-state index contributed by atoms with van der Waals surface area (Å²) in [6.45, 7) is 1.37. The van der Waals surface area contributed by atoms with Crippen LogP contribution in [0.25, 0.3) is 0 Å². The summed E-state index contributed by atoms with van der Waals surface area (Å²) >= 11 is 0. The lowest BCUT2D eigenvalue weighted by molar-refractivity contribution is -0.123. The summed E-state index contributed by atoms with van der Waals surface area (Å²) in [5.74, 6) is -0.280. The Morgan fingerprint density at radius 1 is 1.91 bits per heavy atom. The molecule has 0 spiro atoms. The average Bonchev–Trinajstić information content (AvgIpc) is 2.39. The minimum atomic E-state index is -1.04. The minimum absolute atomic E-state index is 0.232. The van der Waals surface area contributed by atoms with Crippen LogP contribution in [0.5, 0.6) is 0 Å². The molecule has 0 radical (unpaired) electrons. The lowest BCUT2D eigenvalue weighted by Crippen LogP contribution is -2.24. The van der Waals surface area contributed by atoms with E-state index in [2.05, 4.69) is 20.5 Å². The molecule has 1 aromatic heterocycles. The van der Waals surface area contributed by atoms with Crippen LogP contribution in [0.15, 0.2) is 6.33 Å². The standard InChI is InChI=1S/C5H8N4O2/c1-3(10)4(11)8-5-6-2-7-9-5/h2-3,10H,1H3,(H2,6,7,8,9,11)/t3-/m0/s1. The second-order valence-corrected chi connectivity index (χ2v) is 2.00. The van der Waals surface area contributed by atoms with Crippen molar-refractivity contribution < 1.29 is 9.90 Å². The van der Waals surface area contributed by atoms with Gasteiger partial charge >= 0.3 is 0 Å². The van der Waals surface area contributed by atoms with Crippen molar-refractivity contribution in [3.63, 3.8) is 0 Å². The van der Waals surface area contributed by atoms with Crippen molar-refractivity contribution in [2.24, 2.45) is 0 Å². The number of rotatable bonds is 2. The van der Waals surface area contributed by atoms with Crippen LogP contribution in [0.4, 0.5) is 5.95 Å². The zero-order valence-electron chi connectivity index (χ0n) is 5.90. The topological polar surface area (TPSA) is 90.9 Å². The number of nitrogens with one attached hydrogen (secondary N) is 2. The predicted octanol–water partition coefficient (Wildman–Crippen LogP) is -0.876. The zero-order chi connectivity index (χ0) is 8.27. The number of amides is 1. The van der Waals surface area contributed by atoms with Gasteiger partial charge in [-0.05, 0) is 6.92 Å². The van der Waals surface area contributed by atoms with Gasteiger partial charge < -0.3 is 5.11 Å². The Labute approximate surface area is 62.6 Å². The summed E-state index contributed by atoms with van der Waals surface area (Å²) in [6.07, 6.45) is 0.220. The van der Waals surface area contributed by atoms with Gasteiger partial charge in [0.25, 0.3) is 5.91 Å². The molecule has 0 fully saturated rings. The van der Waals surface area contributed by atoms with E-state index in [4.69, 9.17) is 5.11 Å². The maximum absolute atomic E-state index is 10.8. The first-order valence-electron chi connectivity index (χ1n) is 3.04. The van der Waals surface area contributed by atoms with Gasteiger partial charge in [0.05, 0.1) is 0 Å². The third-order valence-electron chi connectivity index (χ3n) is 1.04. The van der Waals surface area contributed by atoms with E-state index in [-0.39, 0.29) is 5.95 Å². The van der Waals surface area contributed by atoms with Gasteiger partial charge in [-0.2, -0.15) is 10.1 Å². The van der Waals surface area contributed by atoms with Gasteiger partial charge in [-0.3, -0.25) is 10.1 Å². The molecule has 0 aliphatic carbocycles. The Bertz CT molecular complexity index is 231. The van der Waals surface area contributed by atoms with Crippen molar-refractivity contribution in [1.29, 1.82) is 0 Å². The Morgan fingerprint density at radius 2 is 2.64 bits per heavy atom. The molecule has 1 heterocycles. The van der Waals surface area contributed by atoms with Crippen molar-refractivity contribution in [3.8, 4) is 0 Å². The number of hydrogen-bond acceptors (Lipinski definition) is 4. The fraction of sp³-hybridized carbons (Fsp3) is 0.400. The Balaban J connectivity index is 2.50. The molecule has 3 N–H and O–H groups in total. The van der Waals surface area contributed by atoms with Crippen molar-refractivity contribution in [3.05, 3.63) is 6.33 Å². The van der Waals surface area contributed by atoms with Crippen LogP contribution in [-0.2, 0) is 4.79 Å². The second-order valence-electron chi connectivity index (χ2n) is 2.00. The number of carbonyl (C=O) groups is 1. The van der Waals surface area contributed by atoms with Crippen LogP contribution < -0.4 is 5.32 Å². The Morgan fingerprint density at radius 3 is 3.09 bits per heavy atom. The molecule has 6 nitrogen and oxygen atoms in total. The van der Waals surface area contributed by atoms with E-state index in [9.17, 15) is 4.79 Å². The van der Waals surface area contributed by atoms with Gasteiger partial charge in [-0.15, -0.1) is 0 Å². The third kappa shape index (κ3) is 2.01. The smallest absolute Gasteiger partial charge is 0.255 e. The van der Waals surface area contributed by atoms with E-state index in [0.29, 0.717) is 0 Å². The van der Waals surface area contributed by atoms with Crippen LogP contribution >= 0.6 is 0 Å². The number of hydrogen-bond donors (Lipinski definition) is 3. The van der Waals surface area contributed by atoms with Crippen LogP contribution in [0, 0.1) is 0 Å². The summed E-state index contributed by atoms with van der Waals surface area (Å²) in [4.78, 5) is 14.4. The predicted molar refractivity (Wildman–Crippen MR) is 36.7 cm³/mol. The first-order valence-corrected chi connectivity index (χ1v) is 3.04. The third-order valence-corrected chi connectivity index (χ3v) is 1.04. The normalized spacial score (nSPS) is 12.5. The van der Waals surface area contributed by atoms with Crippen molar-refractivity contribution in [2.45, 2.75) is 13.0 Å². The molecule has 1 rings (SSSR count). The van der Waals surface area contributed by atoms with Gasteiger partial charge in [0, 0.05) is 0 Å². The maximum atomic E-state index is 10.8. The summed E-state index contributed by atoms with van der Waals surface area (Å²) in [7, 11) is 0. The summed E-state index contributed by atoms with van der Waals surface area (Å²) in [5, 5.41) is 17.0. The molecular weight excluding hydrogens is 148 g/mol. The largest absolute Gasteiger partial charge is 0.384 e. The molecule has 1 aromatic rings. The fourth-order valence-electron chi connectivity index (χ4n) is 0.487. The number of anilines is 1. The Hall–Kier alpha value is -1.43. The first-order chi connectivity index (χ1) is 5.20. The monoisotopic (exact) mass is 156 g/mol. The fourth-order valence-corrected chi connectivity index (χ4v) is 0.487. The highest BCUT2D eigenvalue weighted by Crippen LogP contribution is 1.93. The van der Waals surface area contributed by atoms with Crippen molar-refractivity contribution in [1.82, 2.24) is 15.2 Å². The van der Waals surface area contributed by atoms with E-state index < -0.39 is 12.0 Å². The number of aromatic amines is 1. The van der Waals surface area contributed by atoms with E-state index in [1.165, 1.54) is 13.3 Å². The second kappa shape index (κ2) is 3.11. The van der Waals surface area contributed by atoms with E-state index >= 15 is 0 Å². The molecule has 0 aliphatic rings. The number of nitrogens with zero attached hydrogens (tertiary/aromatic N) is 2. The van der Waals surface area contributed by atoms with Gasteiger partial charge in [-0.25, -0.2) is 5.10 Å². The summed E-state index contributed by atoms with van der Waals surface area (Å²) < 4.78 is 0. The summed E-state index contributed by atoms with van der Waals surface area (Å²) in [6, 6.07) is 0. The molecule has 0 aromatic carbocycles. The van der Waals surface area contributed by atoms with Gasteiger partial charge in [0.2, 0.25) is 5.95 Å². The number of aromatic nitrogens is 3. The van der Waals surface area contributed by atoms with Crippen LogP contribution in [0.1, 0.15) is 6.92 Å².